The summed E-state index contributed by atoms with van der Waals surface area (Å²) in [6.45, 7) is 4.06. The number of rotatable bonds is 6. The maximum Gasteiger partial charge on any atom is 0.137 e. The van der Waals surface area contributed by atoms with Crippen molar-refractivity contribution >= 4 is 28.2 Å². The van der Waals surface area contributed by atoms with Gasteiger partial charge in [-0.05, 0) is 19.8 Å². The van der Waals surface area contributed by atoms with Gasteiger partial charge in [-0.2, -0.15) is 0 Å². The van der Waals surface area contributed by atoms with Gasteiger partial charge in [-0.1, -0.05) is 18.5 Å². The fourth-order valence-electron chi connectivity index (χ4n) is 1.48. The number of anilines is 1. The molecular weight excluding hydrogens is 258 g/mol. The Kier molecular flexibility index (Phi) is 5.85. The Balaban J connectivity index is 2.67. The van der Waals surface area contributed by atoms with Crippen molar-refractivity contribution in [2.24, 2.45) is 0 Å². The zero-order valence-electron chi connectivity index (χ0n) is 10.4. The van der Waals surface area contributed by atoms with Crippen molar-refractivity contribution in [1.29, 1.82) is 0 Å². The number of hydrogen-bond donors (Lipinski definition) is 1. The van der Waals surface area contributed by atoms with Crippen LogP contribution >= 0.6 is 11.6 Å². The highest BCUT2D eigenvalue weighted by Crippen LogP contribution is 2.21. The first kappa shape index (κ1) is 14.4. The summed E-state index contributed by atoms with van der Waals surface area (Å²) in [4.78, 5) is 8.15. The van der Waals surface area contributed by atoms with E-state index in [-0.39, 0.29) is 6.04 Å². The Hall–Kier alpha value is -0.680. The van der Waals surface area contributed by atoms with Crippen LogP contribution in [0.4, 0.5) is 5.82 Å². The third-order valence-electron chi connectivity index (χ3n) is 2.47. The first-order valence-corrected chi connectivity index (χ1v) is 7.71. The summed E-state index contributed by atoms with van der Waals surface area (Å²) in [7, 11) is -0.754. The van der Waals surface area contributed by atoms with Gasteiger partial charge in [0.2, 0.25) is 0 Å². The van der Waals surface area contributed by atoms with Crippen molar-refractivity contribution in [2.75, 3.05) is 17.3 Å². The summed E-state index contributed by atoms with van der Waals surface area (Å²) in [5, 5.41) is 3.78. The predicted molar refractivity (Wildman–Crippen MR) is 73.1 cm³/mol. The smallest absolute Gasteiger partial charge is 0.137 e. The van der Waals surface area contributed by atoms with Crippen molar-refractivity contribution in [1.82, 2.24) is 9.97 Å². The molecule has 17 heavy (non-hydrogen) atoms. The fourth-order valence-corrected chi connectivity index (χ4v) is 2.43. The molecule has 0 radical (unpaired) electrons. The molecule has 6 heteroatoms. The molecule has 1 aromatic heterocycles. The molecule has 0 saturated carbocycles. The lowest BCUT2D eigenvalue weighted by Crippen LogP contribution is -2.19. The molecule has 0 bridgehead atoms. The highest BCUT2D eigenvalue weighted by Gasteiger charge is 2.10. The zero-order valence-corrected chi connectivity index (χ0v) is 11.9. The minimum absolute atomic E-state index is 0.218. The van der Waals surface area contributed by atoms with Gasteiger partial charge < -0.3 is 5.32 Å². The zero-order chi connectivity index (χ0) is 12.8. The van der Waals surface area contributed by atoms with Crippen molar-refractivity contribution in [3.8, 4) is 0 Å². The molecule has 0 spiro atoms. The second-order valence-corrected chi connectivity index (χ2v) is 5.87. The van der Waals surface area contributed by atoms with E-state index in [1.54, 1.807) is 6.26 Å². The van der Waals surface area contributed by atoms with E-state index < -0.39 is 10.8 Å². The maximum atomic E-state index is 11.0. The summed E-state index contributed by atoms with van der Waals surface area (Å²) in [5.74, 6) is 1.47. The van der Waals surface area contributed by atoms with Crippen LogP contribution in [-0.2, 0) is 17.2 Å². The largest absolute Gasteiger partial charge is 0.367 e. The van der Waals surface area contributed by atoms with E-state index in [9.17, 15) is 4.21 Å². The average Bonchev–Trinajstić information content (AvgIpc) is 2.27. The number of nitrogens with zero attached hydrogens (tertiary/aromatic N) is 2. The van der Waals surface area contributed by atoms with Gasteiger partial charge in [0.25, 0.3) is 0 Å². The second-order valence-electron chi connectivity index (χ2n) is 3.96. The van der Waals surface area contributed by atoms with E-state index in [1.807, 2.05) is 13.8 Å². The van der Waals surface area contributed by atoms with Crippen molar-refractivity contribution < 1.29 is 4.21 Å². The molecule has 1 N–H and O–H groups in total. The standard InChI is InChI=1S/C11H18ClN3OS/c1-4-9-10(12)13-7-14-11(9)15-8(2)5-6-17(3)16/h7-8H,4-6H2,1-3H3,(H,13,14,15). The lowest BCUT2D eigenvalue weighted by Gasteiger charge is -2.16. The topological polar surface area (TPSA) is 54.9 Å². The molecule has 1 aromatic rings. The van der Waals surface area contributed by atoms with Crippen LogP contribution in [0.1, 0.15) is 25.8 Å². The van der Waals surface area contributed by atoms with E-state index in [1.165, 1.54) is 6.33 Å². The molecule has 96 valence electrons. The number of halogens is 1. The summed E-state index contributed by atoms with van der Waals surface area (Å²) in [6, 6.07) is 0.218. The molecule has 2 atom stereocenters. The molecule has 0 amide bonds. The highest BCUT2D eigenvalue weighted by atomic mass is 35.5. The Morgan fingerprint density at radius 2 is 2.24 bits per heavy atom. The minimum Gasteiger partial charge on any atom is -0.367 e. The molecule has 1 rings (SSSR count). The SMILES string of the molecule is CCc1c(Cl)ncnc1NC(C)CCS(C)=O. The van der Waals surface area contributed by atoms with Gasteiger partial charge in [0.15, 0.2) is 0 Å². The lowest BCUT2D eigenvalue weighted by atomic mass is 10.2. The van der Waals surface area contributed by atoms with E-state index in [4.69, 9.17) is 11.6 Å². The lowest BCUT2D eigenvalue weighted by molar-refractivity contribution is 0.678. The number of aromatic nitrogens is 2. The molecule has 0 aliphatic carbocycles. The van der Waals surface area contributed by atoms with Crippen LogP contribution in [0, 0.1) is 0 Å². The quantitative estimate of drug-likeness (QED) is 0.809. The summed E-state index contributed by atoms with van der Waals surface area (Å²) in [6.07, 6.45) is 4.79. The van der Waals surface area contributed by atoms with E-state index in [0.717, 1.165) is 24.2 Å². The van der Waals surface area contributed by atoms with Gasteiger partial charge in [-0.15, -0.1) is 0 Å². The van der Waals surface area contributed by atoms with Crippen LogP contribution < -0.4 is 5.32 Å². The van der Waals surface area contributed by atoms with Gasteiger partial charge in [-0.3, -0.25) is 4.21 Å². The van der Waals surface area contributed by atoms with Crippen LogP contribution in [0.5, 0.6) is 0 Å². The van der Waals surface area contributed by atoms with Crippen molar-refractivity contribution in [3.63, 3.8) is 0 Å². The molecular formula is C11H18ClN3OS. The monoisotopic (exact) mass is 275 g/mol. The van der Waals surface area contributed by atoms with Gasteiger partial charge in [0, 0.05) is 34.4 Å². The van der Waals surface area contributed by atoms with Gasteiger partial charge >= 0.3 is 0 Å². The minimum atomic E-state index is -0.754. The highest BCUT2D eigenvalue weighted by molar-refractivity contribution is 7.84. The predicted octanol–water partition coefficient (Wildman–Crippen LogP) is 2.26. The van der Waals surface area contributed by atoms with E-state index >= 15 is 0 Å². The van der Waals surface area contributed by atoms with Crippen LogP contribution in [0.2, 0.25) is 5.15 Å². The average molecular weight is 276 g/mol. The third kappa shape index (κ3) is 4.60. The van der Waals surface area contributed by atoms with Crippen LogP contribution in [0.25, 0.3) is 0 Å². The van der Waals surface area contributed by atoms with Gasteiger partial charge in [0.1, 0.15) is 17.3 Å². The molecule has 0 saturated heterocycles. The van der Waals surface area contributed by atoms with Crippen LogP contribution in [0.15, 0.2) is 6.33 Å². The molecule has 0 aromatic carbocycles. The Labute approximate surface area is 110 Å². The summed E-state index contributed by atoms with van der Waals surface area (Å²) in [5.41, 5.74) is 0.929. The normalized spacial score (nSPS) is 14.4. The second kappa shape index (κ2) is 6.91. The summed E-state index contributed by atoms with van der Waals surface area (Å²) >= 11 is 6.00. The van der Waals surface area contributed by atoms with Gasteiger partial charge in [0.05, 0.1) is 0 Å². The van der Waals surface area contributed by atoms with Crippen molar-refractivity contribution in [3.05, 3.63) is 17.0 Å². The molecule has 1 heterocycles. The molecule has 4 nitrogen and oxygen atoms in total. The molecule has 2 unspecified atom stereocenters. The van der Waals surface area contributed by atoms with Crippen LogP contribution in [-0.4, -0.2) is 32.2 Å². The number of hydrogen-bond acceptors (Lipinski definition) is 4. The Morgan fingerprint density at radius 1 is 1.53 bits per heavy atom. The Bertz CT molecular complexity index is 400. The first-order valence-electron chi connectivity index (χ1n) is 5.60. The van der Waals surface area contributed by atoms with Gasteiger partial charge in [-0.25, -0.2) is 9.97 Å². The number of nitrogens with one attached hydrogen (secondary N) is 1. The molecule has 0 aliphatic rings. The Morgan fingerprint density at radius 3 is 2.82 bits per heavy atom. The fraction of sp³-hybridized carbons (Fsp3) is 0.636. The maximum absolute atomic E-state index is 11.0. The third-order valence-corrected chi connectivity index (χ3v) is 3.60. The van der Waals surface area contributed by atoms with E-state index in [0.29, 0.717) is 10.9 Å². The molecule has 0 aliphatic heterocycles. The molecule has 0 fully saturated rings. The van der Waals surface area contributed by atoms with Crippen molar-refractivity contribution in [2.45, 2.75) is 32.7 Å². The van der Waals surface area contributed by atoms with Crippen LogP contribution in [0.3, 0.4) is 0 Å². The first-order chi connectivity index (χ1) is 8.04. The summed E-state index contributed by atoms with van der Waals surface area (Å²) < 4.78 is 11.0. The van der Waals surface area contributed by atoms with E-state index in [2.05, 4.69) is 15.3 Å².